The molecule has 0 saturated carbocycles. The van der Waals surface area contributed by atoms with Crippen molar-refractivity contribution in [3.05, 3.63) is 14.7 Å². The molecule has 0 spiro atoms. The van der Waals surface area contributed by atoms with Gasteiger partial charge in [0, 0.05) is 30.6 Å². The van der Waals surface area contributed by atoms with Gasteiger partial charge in [-0.25, -0.2) is 8.42 Å². The molecule has 0 aromatic carbocycles. The second-order valence-electron chi connectivity index (χ2n) is 4.85. The van der Waals surface area contributed by atoms with Gasteiger partial charge in [-0.15, -0.1) is 11.3 Å². The fourth-order valence-electron chi connectivity index (χ4n) is 2.44. The summed E-state index contributed by atoms with van der Waals surface area (Å²) in [7, 11) is -3.49. The van der Waals surface area contributed by atoms with Crippen molar-refractivity contribution in [3.63, 3.8) is 0 Å². The standard InChI is InChI=1S/C12H19BrN2O3S2/c1-3-14-4-5-15(7-9(14)2)20(17,18)11-6-10(8-16)19-12(11)13/h6,9,16H,3-5,7-8H2,1-2H3. The van der Waals surface area contributed by atoms with Gasteiger partial charge in [0.25, 0.3) is 0 Å². The number of likely N-dealkylation sites (N-methyl/N-ethyl adjacent to an activating group) is 1. The van der Waals surface area contributed by atoms with Gasteiger partial charge in [0.1, 0.15) is 4.90 Å². The van der Waals surface area contributed by atoms with Crippen LogP contribution in [0.25, 0.3) is 0 Å². The van der Waals surface area contributed by atoms with Crippen LogP contribution in [-0.2, 0) is 16.6 Å². The Morgan fingerprint density at radius 3 is 2.70 bits per heavy atom. The lowest BCUT2D eigenvalue weighted by atomic mass is 10.2. The summed E-state index contributed by atoms with van der Waals surface area (Å²) in [5, 5.41) is 9.13. The molecule has 2 rings (SSSR count). The smallest absolute Gasteiger partial charge is 0.245 e. The molecular weight excluding hydrogens is 364 g/mol. The van der Waals surface area contributed by atoms with Gasteiger partial charge in [-0.05, 0) is 35.5 Å². The summed E-state index contributed by atoms with van der Waals surface area (Å²) in [5.74, 6) is 0. The third-order valence-corrected chi connectivity index (χ3v) is 7.72. The molecule has 114 valence electrons. The van der Waals surface area contributed by atoms with E-state index in [1.165, 1.54) is 15.6 Å². The molecule has 0 bridgehead atoms. The Bertz CT molecular complexity index is 573. The third kappa shape index (κ3) is 3.10. The quantitative estimate of drug-likeness (QED) is 0.860. The van der Waals surface area contributed by atoms with Crippen LogP contribution in [0.15, 0.2) is 14.7 Å². The largest absolute Gasteiger partial charge is 0.391 e. The lowest BCUT2D eigenvalue weighted by Crippen LogP contribution is -2.53. The third-order valence-electron chi connectivity index (χ3n) is 3.61. The fraction of sp³-hybridized carbons (Fsp3) is 0.667. The normalized spacial score (nSPS) is 22.3. The van der Waals surface area contributed by atoms with Crippen molar-refractivity contribution >= 4 is 37.3 Å². The van der Waals surface area contributed by atoms with Crippen molar-refractivity contribution in [2.75, 3.05) is 26.2 Å². The molecule has 1 fully saturated rings. The van der Waals surface area contributed by atoms with Gasteiger partial charge in [0.2, 0.25) is 10.0 Å². The van der Waals surface area contributed by atoms with Crippen LogP contribution in [0.3, 0.4) is 0 Å². The second kappa shape index (κ2) is 6.41. The van der Waals surface area contributed by atoms with Gasteiger partial charge in [0.05, 0.1) is 10.4 Å². The van der Waals surface area contributed by atoms with Crippen LogP contribution in [0.2, 0.25) is 0 Å². The van der Waals surface area contributed by atoms with Gasteiger partial charge in [-0.2, -0.15) is 4.31 Å². The number of piperazine rings is 1. The highest BCUT2D eigenvalue weighted by Crippen LogP contribution is 2.34. The predicted octanol–water partition coefficient (Wildman–Crippen LogP) is 1.72. The van der Waals surface area contributed by atoms with E-state index in [9.17, 15) is 8.42 Å². The molecule has 0 aliphatic carbocycles. The topological polar surface area (TPSA) is 60.9 Å². The maximum Gasteiger partial charge on any atom is 0.245 e. The number of hydrogen-bond donors (Lipinski definition) is 1. The molecule has 1 aliphatic heterocycles. The number of aliphatic hydroxyl groups excluding tert-OH is 1. The first-order chi connectivity index (χ1) is 9.40. The van der Waals surface area contributed by atoms with Crippen molar-refractivity contribution in [2.45, 2.75) is 31.4 Å². The van der Waals surface area contributed by atoms with E-state index >= 15 is 0 Å². The van der Waals surface area contributed by atoms with E-state index in [4.69, 9.17) is 5.11 Å². The zero-order valence-electron chi connectivity index (χ0n) is 11.5. The SMILES string of the molecule is CCN1CCN(S(=O)(=O)c2cc(CO)sc2Br)CC1C. The first-order valence-corrected chi connectivity index (χ1v) is 9.58. The Hall–Kier alpha value is 0.01000. The minimum Gasteiger partial charge on any atom is -0.391 e. The summed E-state index contributed by atoms with van der Waals surface area (Å²) in [5.41, 5.74) is 0. The van der Waals surface area contributed by atoms with E-state index in [1.807, 2.05) is 6.92 Å². The van der Waals surface area contributed by atoms with Crippen LogP contribution in [0.1, 0.15) is 18.7 Å². The molecule has 1 aliphatic rings. The molecular formula is C12H19BrN2O3S2. The molecule has 5 nitrogen and oxygen atoms in total. The van der Waals surface area contributed by atoms with E-state index in [-0.39, 0.29) is 17.5 Å². The summed E-state index contributed by atoms with van der Waals surface area (Å²) in [4.78, 5) is 3.19. The van der Waals surface area contributed by atoms with E-state index in [0.29, 0.717) is 21.8 Å². The monoisotopic (exact) mass is 382 g/mol. The van der Waals surface area contributed by atoms with Crippen molar-refractivity contribution in [3.8, 4) is 0 Å². The number of thiophene rings is 1. The van der Waals surface area contributed by atoms with Crippen LogP contribution < -0.4 is 0 Å². The Morgan fingerprint density at radius 2 is 2.20 bits per heavy atom. The maximum atomic E-state index is 12.7. The Balaban J connectivity index is 2.25. The number of aliphatic hydroxyl groups is 1. The Labute approximate surface area is 132 Å². The van der Waals surface area contributed by atoms with Crippen LogP contribution >= 0.6 is 27.3 Å². The highest BCUT2D eigenvalue weighted by atomic mass is 79.9. The molecule has 20 heavy (non-hydrogen) atoms. The Kier molecular flexibility index (Phi) is 5.25. The molecule has 1 unspecified atom stereocenters. The molecule has 1 aromatic heterocycles. The molecule has 2 heterocycles. The number of rotatable bonds is 4. The van der Waals surface area contributed by atoms with E-state index in [2.05, 4.69) is 27.8 Å². The number of sulfonamides is 1. The summed E-state index contributed by atoms with van der Waals surface area (Å²) >= 11 is 4.55. The molecule has 1 N–H and O–H groups in total. The zero-order chi connectivity index (χ0) is 14.9. The minimum absolute atomic E-state index is 0.140. The van der Waals surface area contributed by atoms with Gasteiger partial charge in [-0.1, -0.05) is 6.92 Å². The second-order valence-corrected chi connectivity index (χ2v) is 9.21. The van der Waals surface area contributed by atoms with Crippen molar-refractivity contribution in [2.24, 2.45) is 0 Å². The first-order valence-electron chi connectivity index (χ1n) is 6.53. The average molecular weight is 383 g/mol. The molecule has 0 radical (unpaired) electrons. The van der Waals surface area contributed by atoms with Crippen molar-refractivity contribution in [1.29, 1.82) is 0 Å². The number of hydrogen-bond acceptors (Lipinski definition) is 5. The summed E-state index contributed by atoms with van der Waals surface area (Å²) in [6.45, 7) is 6.71. The summed E-state index contributed by atoms with van der Waals surface area (Å²) in [6.07, 6.45) is 0. The van der Waals surface area contributed by atoms with Crippen LogP contribution in [0, 0.1) is 0 Å². The first kappa shape index (κ1) is 16.4. The average Bonchev–Trinajstić information content (AvgIpc) is 2.80. The highest BCUT2D eigenvalue weighted by Gasteiger charge is 2.33. The predicted molar refractivity (Wildman–Crippen MR) is 83.4 cm³/mol. The van der Waals surface area contributed by atoms with E-state index < -0.39 is 10.0 Å². The fourth-order valence-corrected chi connectivity index (χ4v) is 6.45. The molecule has 0 amide bonds. The molecule has 1 saturated heterocycles. The number of nitrogens with zero attached hydrogens (tertiary/aromatic N) is 2. The van der Waals surface area contributed by atoms with Crippen LogP contribution in [0.5, 0.6) is 0 Å². The molecule has 1 atom stereocenters. The maximum absolute atomic E-state index is 12.7. The zero-order valence-corrected chi connectivity index (χ0v) is 14.8. The van der Waals surface area contributed by atoms with Gasteiger partial charge >= 0.3 is 0 Å². The Morgan fingerprint density at radius 1 is 1.50 bits per heavy atom. The van der Waals surface area contributed by atoms with E-state index in [1.54, 1.807) is 6.07 Å². The lowest BCUT2D eigenvalue weighted by molar-refractivity contribution is 0.135. The highest BCUT2D eigenvalue weighted by molar-refractivity contribution is 9.11. The van der Waals surface area contributed by atoms with Gasteiger partial charge < -0.3 is 5.11 Å². The minimum atomic E-state index is -3.49. The number of halogens is 1. The molecule has 8 heteroatoms. The van der Waals surface area contributed by atoms with Crippen molar-refractivity contribution < 1.29 is 13.5 Å². The van der Waals surface area contributed by atoms with Gasteiger partial charge in [-0.3, -0.25) is 4.90 Å². The van der Waals surface area contributed by atoms with Gasteiger partial charge in [0.15, 0.2) is 0 Å². The van der Waals surface area contributed by atoms with Crippen LogP contribution in [-0.4, -0.2) is 55.0 Å². The lowest BCUT2D eigenvalue weighted by Gasteiger charge is -2.38. The summed E-state index contributed by atoms with van der Waals surface area (Å²) in [6, 6.07) is 1.78. The van der Waals surface area contributed by atoms with E-state index in [0.717, 1.165) is 13.1 Å². The van der Waals surface area contributed by atoms with Crippen LogP contribution in [0.4, 0.5) is 0 Å². The molecule has 1 aromatic rings. The summed E-state index contributed by atoms with van der Waals surface area (Å²) < 4.78 is 27.5. The van der Waals surface area contributed by atoms with Crippen molar-refractivity contribution in [1.82, 2.24) is 9.21 Å².